The number of hydrogen-bond donors (Lipinski definition) is 1. The number of thiophene rings is 1. The second kappa shape index (κ2) is 6.21. The maximum absolute atomic E-state index is 12.8. The maximum Gasteiger partial charge on any atom is 0.349 e. The first-order valence-corrected chi connectivity index (χ1v) is 8.72. The molecule has 2 rings (SSSR count). The third kappa shape index (κ3) is 2.73. The molecule has 0 unspecified atom stereocenters. The number of carbonyl (C=O) groups is 1. The lowest BCUT2D eigenvalue weighted by atomic mass is 10.2. The molecule has 1 N–H and O–H groups in total. The Kier molecular flexibility index (Phi) is 4.79. The summed E-state index contributed by atoms with van der Waals surface area (Å²) in [6, 6.07) is 1.44. The second-order valence-corrected chi connectivity index (χ2v) is 7.31. The molecule has 0 aliphatic carbocycles. The Bertz CT molecular complexity index is 578. The monoisotopic (exact) mass is 318 g/mol. The van der Waals surface area contributed by atoms with Crippen molar-refractivity contribution in [3.05, 3.63) is 16.3 Å². The number of ether oxygens (including phenoxy) is 1. The zero-order valence-electron chi connectivity index (χ0n) is 11.5. The van der Waals surface area contributed by atoms with Crippen molar-refractivity contribution in [1.82, 2.24) is 9.62 Å². The predicted octanol–water partition coefficient (Wildman–Crippen LogP) is 0.907. The molecule has 0 radical (unpaired) electrons. The van der Waals surface area contributed by atoms with Crippen LogP contribution in [0, 0.1) is 0 Å². The SMILES string of the molecule is CCCN(C1CNC1)S(=O)(=O)c1ccsc1C(=O)OC. The van der Waals surface area contributed by atoms with Crippen LogP contribution in [0.5, 0.6) is 0 Å². The first-order valence-electron chi connectivity index (χ1n) is 6.40. The topological polar surface area (TPSA) is 75.7 Å². The number of hydrogen-bond acceptors (Lipinski definition) is 6. The minimum Gasteiger partial charge on any atom is -0.465 e. The van der Waals surface area contributed by atoms with Gasteiger partial charge in [-0.3, -0.25) is 0 Å². The van der Waals surface area contributed by atoms with E-state index in [1.54, 1.807) is 5.38 Å². The molecule has 0 bridgehead atoms. The van der Waals surface area contributed by atoms with Gasteiger partial charge in [0.25, 0.3) is 0 Å². The molecule has 0 aromatic carbocycles. The molecular weight excluding hydrogens is 300 g/mol. The van der Waals surface area contributed by atoms with Crippen LogP contribution in [0.1, 0.15) is 23.0 Å². The Morgan fingerprint density at radius 2 is 2.25 bits per heavy atom. The molecule has 0 saturated carbocycles. The molecule has 20 heavy (non-hydrogen) atoms. The Hall–Kier alpha value is -0.960. The van der Waals surface area contributed by atoms with Crippen molar-refractivity contribution < 1.29 is 17.9 Å². The molecule has 0 amide bonds. The van der Waals surface area contributed by atoms with Crippen molar-refractivity contribution in [2.24, 2.45) is 0 Å². The molecule has 2 heterocycles. The van der Waals surface area contributed by atoms with Gasteiger partial charge in [0.1, 0.15) is 9.77 Å². The van der Waals surface area contributed by atoms with Crippen molar-refractivity contribution >= 4 is 27.3 Å². The van der Waals surface area contributed by atoms with Crippen LogP contribution in [0.25, 0.3) is 0 Å². The number of rotatable bonds is 6. The molecular formula is C12H18N2O4S2. The second-order valence-electron chi connectivity index (χ2n) is 4.53. The van der Waals surface area contributed by atoms with Gasteiger partial charge in [-0.1, -0.05) is 6.92 Å². The minimum absolute atomic E-state index is 0.0367. The Labute approximate surface area is 122 Å². The first kappa shape index (κ1) is 15.4. The van der Waals surface area contributed by atoms with Crippen LogP contribution < -0.4 is 5.32 Å². The summed E-state index contributed by atoms with van der Waals surface area (Å²) in [6.07, 6.45) is 0.730. The molecule has 0 spiro atoms. The van der Waals surface area contributed by atoms with Crippen LogP contribution in [-0.4, -0.2) is 51.5 Å². The Morgan fingerprint density at radius 1 is 1.55 bits per heavy atom. The summed E-state index contributed by atoms with van der Waals surface area (Å²) in [6.45, 7) is 3.68. The van der Waals surface area contributed by atoms with Gasteiger partial charge in [0.05, 0.1) is 13.2 Å². The molecule has 8 heteroatoms. The molecule has 112 valence electrons. The lowest BCUT2D eigenvalue weighted by molar-refractivity contribution is 0.0602. The van der Waals surface area contributed by atoms with Crippen molar-refractivity contribution in [2.75, 3.05) is 26.7 Å². The molecule has 0 atom stereocenters. The van der Waals surface area contributed by atoms with Crippen LogP contribution in [0.2, 0.25) is 0 Å². The van der Waals surface area contributed by atoms with Crippen LogP contribution in [0.15, 0.2) is 16.3 Å². The fraction of sp³-hybridized carbons (Fsp3) is 0.583. The van der Waals surface area contributed by atoms with Gasteiger partial charge in [0.2, 0.25) is 10.0 Å². The molecule has 1 aliphatic heterocycles. The van der Waals surface area contributed by atoms with Crippen molar-refractivity contribution in [3.63, 3.8) is 0 Å². The van der Waals surface area contributed by atoms with Crippen LogP contribution >= 0.6 is 11.3 Å². The van der Waals surface area contributed by atoms with Gasteiger partial charge < -0.3 is 10.1 Å². The van der Waals surface area contributed by atoms with E-state index in [-0.39, 0.29) is 15.8 Å². The highest BCUT2D eigenvalue weighted by molar-refractivity contribution is 7.89. The van der Waals surface area contributed by atoms with Gasteiger partial charge in [-0.25, -0.2) is 13.2 Å². The Balaban J connectivity index is 2.37. The van der Waals surface area contributed by atoms with E-state index in [0.29, 0.717) is 19.6 Å². The zero-order valence-corrected chi connectivity index (χ0v) is 13.1. The number of esters is 1. The summed E-state index contributed by atoms with van der Waals surface area (Å²) >= 11 is 1.09. The summed E-state index contributed by atoms with van der Waals surface area (Å²) < 4.78 is 31.6. The van der Waals surface area contributed by atoms with Gasteiger partial charge in [0.15, 0.2) is 0 Å². The average molecular weight is 318 g/mol. The molecule has 1 aliphatic rings. The summed E-state index contributed by atoms with van der Waals surface area (Å²) in [4.78, 5) is 11.9. The summed E-state index contributed by atoms with van der Waals surface area (Å²) in [7, 11) is -2.41. The van der Waals surface area contributed by atoms with Gasteiger partial charge in [-0.2, -0.15) is 4.31 Å². The maximum atomic E-state index is 12.8. The van der Waals surface area contributed by atoms with Crippen LogP contribution in [0.4, 0.5) is 0 Å². The van der Waals surface area contributed by atoms with E-state index in [2.05, 4.69) is 10.1 Å². The quantitative estimate of drug-likeness (QED) is 0.789. The summed E-state index contributed by atoms with van der Waals surface area (Å²) in [5.41, 5.74) is 0. The van der Waals surface area contributed by atoms with Gasteiger partial charge in [-0.15, -0.1) is 11.3 Å². The number of nitrogens with zero attached hydrogens (tertiary/aromatic N) is 1. The molecule has 1 aromatic rings. The highest BCUT2D eigenvalue weighted by atomic mass is 32.2. The predicted molar refractivity (Wildman–Crippen MR) is 76.5 cm³/mol. The molecule has 1 aromatic heterocycles. The zero-order chi connectivity index (χ0) is 14.8. The van der Waals surface area contributed by atoms with Crippen molar-refractivity contribution in [1.29, 1.82) is 0 Å². The van der Waals surface area contributed by atoms with E-state index in [9.17, 15) is 13.2 Å². The van der Waals surface area contributed by atoms with Crippen LogP contribution in [0.3, 0.4) is 0 Å². The largest absolute Gasteiger partial charge is 0.465 e. The fourth-order valence-corrected chi connectivity index (χ4v) is 5.09. The lowest BCUT2D eigenvalue weighted by Gasteiger charge is -2.37. The third-order valence-corrected chi connectivity index (χ3v) is 6.22. The van der Waals surface area contributed by atoms with Crippen molar-refractivity contribution in [2.45, 2.75) is 24.3 Å². The average Bonchev–Trinajstić information content (AvgIpc) is 2.85. The van der Waals surface area contributed by atoms with Gasteiger partial charge >= 0.3 is 5.97 Å². The minimum atomic E-state index is -3.66. The summed E-state index contributed by atoms with van der Waals surface area (Å²) in [5, 5.41) is 4.67. The lowest BCUT2D eigenvalue weighted by Crippen LogP contribution is -2.58. The molecule has 6 nitrogen and oxygen atoms in total. The van der Waals surface area contributed by atoms with Crippen molar-refractivity contribution in [3.8, 4) is 0 Å². The van der Waals surface area contributed by atoms with E-state index in [1.165, 1.54) is 17.5 Å². The highest BCUT2D eigenvalue weighted by Crippen LogP contribution is 2.28. The van der Waals surface area contributed by atoms with E-state index < -0.39 is 16.0 Å². The van der Waals surface area contributed by atoms with Gasteiger partial charge in [-0.05, 0) is 17.9 Å². The van der Waals surface area contributed by atoms with E-state index in [4.69, 9.17) is 0 Å². The normalized spacial score (nSPS) is 16.1. The fourth-order valence-electron chi connectivity index (χ4n) is 2.06. The Morgan fingerprint density at radius 3 is 2.75 bits per heavy atom. The number of sulfonamides is 1. The number of nitrogens with one attached hydrogen (secondary N) is 1. The first-order chi connectivity index (χ1) is 9.52. The smallest absolute Gasteiger partial charge is 0.349 e. The van der Waals surface area contributed by atoms with E-state index in [1.807, 2.05) is 6.92 Å². The number of carbonyl (C=O) groups excluding carboxylic acids is 1. The van der Waals surface area contributed by atoms with E-state index in [0.717, 1.165) is 17.8 Å². The molecule has 1 saturated heterocycles. The number of methoxy groups -OCH3 is 1. The van der Waals surface area contributed by atoms with E-state index >= 15 is 0 Å². The molecule has 1 fully saturated rings. The summed E-state index contributed by atoms with van der Waals surface area (Å²) in [5.74, 6) is -0.609. The van der Waals surface area contributed by atoms with Crippen LogP contribution in [-0.2, 0) is 14.8 Å². The third-order valence-electron chi connectivity index (χ3n) is 3.20. The highest BCUT2D eigenvalue weighted by Gasteiger charge is 2.36. The standard InChI is InChI=1S/C12H18N2O4S2/c1-3-5-14(9-7-13-8-9)20(16,17)10-4-6-19-11(10)12(15)18-2/h4,6,9,13H,3,5,7-8H2,1-2H3. The van der Waals surface area contributed by atoms with Gasteiger partial charge in [0, 0.05) is 19.6 Å².